The lowest BCUT2D eigenvalue weighted by atomic mass is 10.1. The van der Waals surface area contributed by atoms with Crippen molar-refractivity contribution in [2.24, 2.45) is 0 Å². The quantitative estimate of drug-likeness (QED) is 0.545. The van der Waals surface area contributed by atoms with Crippen molar-refractivity contribution in [2.45, 2.75) is 38.0 Å². The molecule has 28 heavy (non-hydrogen) atoms. The van der Waals surface area contributed by atoms with E-state index >= 15 is 0 Å². The van der Waals surface area contributed by atoms with Gasteiger partial charge in [-0.2, -0.15) is 0 Å². The molecule has 0 spiro atoms. The monoisotopic (exact) mass is 446 g/mol. The first-order valence-electron chi connectivity index (χ1n) is 9.55. The van der Waals surface area contributed by atoms with E-state index in [1.807, 2.05) is 17.0 Å². The fraction of sp³-hybridized carbons (Fsp3) is 0.632. The lowest BCUT2D eigenvalue weighted by Crippen LogP contribution is -2.49. The third-order valence-electron chi connectivity index (χ3n) is 5.15. The Balaban J connectivity index is 1.69. The van der Waals surface area contributed by atoms with Crippen molar-refractivity contribution in [2.75, 3.05) is 37.7 Å². The van der Waals surface area contributed by atoms with Crippen molar-refractivity contribution in [1.82, 2.24) is 9.80 Å². The first-order chi connectivity index (χ1) is 13.4. The molecule has 0 saturated carbocycles. The van der Waals surface area contributed by atoms with Crippen molar-refractivity contribution in [3.05, 3.63) is 34.0 Å². The zero-order valence-corrected chi connectivity index (χ0v) is 18.3. The average Bonchev–Trinajstić information content (AvgIpc) is 3.35. The van der Waals surface area contributed by atoms with Crippen molar-refractivity contribution < 1.29 is 17.9 Å². The summed E-state index contributed by atoms with van der Waals surface area (Å²) in [4.78, 5) is 18.0. The number of rotatable bonds is 9. The largest absolute Gasteiger partial charge is 0.376 e. The van der Waals surface area contributed by atoms with Crippen molar-refractivity contribution >= 4 is 38.7 Å². The SMILES string of the molecule is C=CCN(CC(=O)N(CC1CCCO1)C1CCS(=O)(=O)C1)Cc1ccc(Cl)s1. The van der Waals surface area contributed by atoms with Gasteiger partial charge >= 0.3 is 0 Å². The Labute approximate surface area is 176 Å². The number of carbonyl (C=O) groups excluding carboxylic acids is 1. The van der Waals surface area contributed by atoms with Crippen molar-refractivity contribution in [1.29, 1.82) is 0 Å². The van der Waals surface area contributed by atoms with Crippen LogP contribution in [0.5, 0.6) is 0 Å². The zero-order valence-electron chi connectivity index (χ0n) is 15.9. The minimum Gasteiger partial charge on any atom is -0.376 e. The van der Waals surface area contributed by atoms with Gasteiger partial charge in [-0.1, -0.05) is 17.7 Å². The summed E-state index contributed by atoms with van der Waals surface area (Å²) in [6.45, 7) is 6.34. The number of sulfone groups is 1. The van der Waals surface area contributed by atoms with Gasteiger partial charge in [0.05, 0.1) is 28.5 Å². The lowest BCUT2D eigenvalue weighted by Gasteiger charge is -2.32. The van der Waals surface area contributed by atoms with Gasteiger partial charge < -0.3 is 9.64 Å². The van der Waals surface area contributed by atoms with Gasteiger partial charge in [0, 0.05) is 37.2 Å². The van der Waals surface area contributed by atoms with Gasteiger partial charge in [0.1, 0.15) is 0 Å². The van der Waals surface area contributed by atoms with Crippen LogP contribution in [-0.2, 0) is 25.9 Å². The van der Waals surface area contributed by atoms with E-state index in [4.69, 9.17) is 16.3 Å². The van der Waals surface area contributed by atoms with Crippen LogP contribution in [0.1, 0.15) is 24.1 Å². The van der Waals surface area contributed by atoms with E-state index < -0.39 is 9.84 Å². The van der Waals surface area contributed by atoms with Crippen LogP contribution in [0.3, 0.4) is 0 Å². The van der Waals surface area contributed by atoms with E-state index in [1.165, 1.54) is 11.3 Å². The Morgan fingerprint density at radius 3 is 2.79 bits per heavy atom. The number of carbonyl (C=O) groups is 1. The van der Waals surface area contributed by atoms with Gasteiger partial charge in [-0.15, -0.1) is 17.9 Å². The van der Waals surface area contributed by atoms with Gasteiger partial charge in [-0.25, -0.2) is 8.42 Å². The maximum atomic E-state index is 13.2. The van der Waals surface area contributed by atoms with Crippen LogP contribution in [0.4, 0.5) is 0 Å². The van der Waals surface area contributed by atoms with E-state index in [2.05, 4.69) is 6.58 Å². The van der Waals surface area contributed by atoms with E-state index in [1.54, 1.807) is 11.0 Å². The standard InChI is InChI=1S/C19H27ClN2O4S2/c1-2-8-21(12-17-5-6-18(20)27-17)13-19(23)22(11-16-4-3-9-26-16)15-7-10-28(24,25)14-15/h2,5-6,15-16H,1,3-4,7-14H2. The van der Waals surface area contributed by atoms with Gasteiger partial charge in [-0.3, -0.25) is 9.69 Å². The van der Waals surface area contributed by atoms with E-state index in [9.17, 15) is 13.2 Å². The molecule has 2 atom stereocenters. The van der Waals surface area contributed by atoms with Crippen molar-refractivity contribution in [3.63, 3.8) is 0 Å². The second-order valence-corrected chi connectivity index (χ2v) is 11.4. The summed E-state index contributed by atoms with van der Waals surface area (Å²) in [6, 6.07) is 3.55. The maximum Gasteiger partial charge on any atom is 0.237 e. The highest BCUT2D eigenvalue weighted by atomic mass is 35.5. The minimum absolute atomic E-state index is 0.00351. The average molecular weight is 447 g/mol. The Morgan fingerprint density at radius 2 is 2.21 bits per heavy atom. The Kier molecular flexibility index (Phi) is 7.55. The fourth-order valence-electron chi connectivity index (χ4n) is 3.79. The smallest absolute Gasteiger partial charge is 0.237 e. The van der Waals surface area contributed by atoms with Gasteiger partial charge in [0.25, 0.3) is 0 Å². The van der Waals surface area contributed by atoms with E-state index in [0.29, 0.717) is 32.7 Å². The van der Waals surface area contributed by atoms with Gasteiger partial charge in [0.15, 0.2) is 9.84 Å². The molecule has 0 bridgehead atoms. The second-order valence-electron chi connectivity index (χ2n) is 7.40. The molecule has 3 rings (SSSR count). The van der Waals surface area contributed by atoms with Crippen molar-refractivity contribution in [3.8, 4) is 0 Å². The third kappa shape index (κ3) is 6.03. The molecular formula is C19H27ClN2O4S2. The molecule has 3 heterocycles. The topological polar surface area (TPSA) is 66.9 Å². The molecule has 156 valence electrons. The Morgan fingerprint density at radius 1 is 1.39 bits per heavy atom. The Hall–Kier alpha value is -0.930. The summed E-state index contributed by atoms with van der Waals surface area (Å²) >= 11 is 7.51. The molecule has 0 aliphatic carbocycles. The van der Waals surface area contributed by atoms with Gasteiger partial charge in [-0.05, 0) is 31.4 Å². The summed E-state index contributed by atoms with van der Waals surface area (Å²) in [5.74, 6) is 0.145. The number of ether oxygens (including phenoxy) is 1. The number of amides is 1. The molecule has 0 aromatic carbocycles. The normalized spacial score (nSPS) is 23.9. The van der Waals surface area contributed by atoms with Gasteiger partial charge in [0.2, 0.25) is 5.91 Å². The predicted molar refractivity (Wildman–Crippen MR) is 113 cm³/mol. The molecule has 2 aliphatic rings. The number of halogens is 1. The molecule has 2 aliphatic heterocycles. The molecule has 9 heteroatoms. The first kappa shape index (κ1) is 21.8. The molecule has 0 radical (unpaired) electrons. The predicted octanol–water partition coefficient (Wildman–Crippen LogP) is 2.58. The third-order valence-corrected chi connectivity index (χ3v) is 8.11. The van der Waals surface area contributed by atoms with Crippen LogP contribution < -0.4 is 0 Å². The summed E-state index contributed by atoms with van der Waals surface area (Å²) in [5.41, 5.74) is 0. The summed E-state index contributed by atoms with van der Waals surface area (Å²) in [7, 11) is -3.07. The first-order valence-corrected chi connectivity index (χ1v) is 12.6. The molecule has 2 saturated heterocycles. The Bertz CT molecular complexity index is 790. The number of thiophene rings is 1. The molecule has 0 N–H and O–H groups in total. The molecule has 6 nitrogen and oxygen atoms in total. The van der Waals surface area contributed by atoms with Crippen LogP contribution in [0.15, 0.2) is 24.8 Å². The van der Waals surface area contributed by atoms with Crippen LogP contribution in [-0.4, -0.2) is 74.0 Å². The summed E-state index contributed by atoms with van der Waals surface area (Å²) in [6.07, 6.45) is 4.16. The molecule has 1 amide bonds. The molecular weight excluding hydrogens is 420 g/mol. The highest BCUT2D eigenvalue weighted by Crippen LogP contribution is 2.24. The summed E-state index contributed by atoms with van der Waals surface area (Å²) < 4.78 is 30.4. The highest BCUT2D eigenvalue weighted by Gasteiger charge is 2.36. The number of hydrogen-bond acceptors (Lipinski definition) is 6. The highest BCUT2D eigenvalue weighted by molar-refractivity contribution is 7.91. The second kappa shape index (κ2) is 9.71. The molecule has 1 aromatic heterocycles. The zero-order chi connectivity index (χ0) is 20.1. The van der Waals surface area contributed by atoms with Crippen LogP contribution in [0, 0.1) is 0 Å². The molecule has 2 fully saturated rings. The van der Waals surface area contributed by atoms with Crippen LogP contribution in [0.2, 0.25) is 4.34 Å². The number of nitrogens with zero attached hydrogens (tertiary/aromatic N) is 2. The maximum absolute atomic E-state index is 13.2. The number of hydrogen-bond donors (Lipinski definition) is 0. The fourth-order valence-corrected chi connectivity index (χ4v) is 6.65. The van der Waals surface area contributed by atoms with E-state index in [-0.39, 0.29) is 36.1 Å². The lowest BCUT2D eigenvalue weighted by molar-refractivity contribution is -0.136. The van der Waals surface area contributed by atoms with E-state index in [0.717, 1.165) is 22.1 Å². The van der Waals surface area contributed by atoms with Crippen LogP contribution in [0.25, 0.3) is 0 Å². The molecule has 2 unspecified atom stereocenters. The van der Waals surface area contributed by atoms with Crippen LogP contribution >= 0.6 is 22.9 Å². The minimum atomic E-state index is -3.07. The molecule has 1 aromatic rings. The summed E-state index contributed by atoms with van der Waals surface area (Å²) in [5, 5.41) is 0.